The molecule has 4 heteroatoms. The highest BCUT2D eigenvalue weighted by Crippen LogP contribution is 2.19. The fraction of sp³-hybridized carbons (Fsp3) is 0.500. The Labute approximate surface area is 95.5 Å². The zero-order valence-corrected chi connectivity index (χ0v) is 9.39. The van der Waals surface area contributed by atoms with Crippen LogP contribution in [-0.2, 0) is 4.74 Å². The van der Waals surface area contributed by atoms with Crippen LogP contribution in [0, 0.1) is 11.3 Å². The Morgan fingerprint density at radius 2 is 2.19 bits per heavy atom. The number of nitrogens with zero attached hydrogens (tertiary/aromatic N) is 3. The average Bonchev–Trinajstić information content (AvgIpc) is 2.39. The number of rotatable bonds is 2. The third-order valence-electron chi connectivity index (χ3n) is 2.94. The van der Waals surface area contributed by atoms with Gasteiger partial charge in [0.1, 0.15) is 6.07 Å². The second kappa shape index (κ2) is 5.06. The van der Waals surface area contributed by atoms with Crippen molar-refractivity contribution in [3.05, 3.63) is 29.6 Å². The molecular weight excluding hydrogens is 202 g/mol. The number of aromatic nitrogens is 1. The highest BCUT2D eigenvalue weighted by atomic mass is 16.5. The minimum Gasteiger partial charge on any atom is -0.379 e. The minimum atomic E-state index is 0.289. The molecule has 1 saturated heterocycles. The summed E-state index contributed by atoms with van der Waals surface area (Å²) < 4.78 is 5.32. The highest BCUT2D eigenvalue weighted by molar-refractivity contribution is 5.27. The molecule has 1 aliphatic heterocycles. The first-order chi connectivity index (χ1) is 7.81. The highest BCUT2D eigenvalue weighted by Gasteiger charge is 2.19. The van der Waals surface area contributed by atoms with Crippen molar-refractivity contribution in [1.29, 1.82) is 5.26 Å². The van der Waals surface area contributed by atoms with Crippen LogP contribution in [0.25, 0.3) is 0 Å². The van der Waals surface area contributed by atoms with Gasteiger partial charge in [0.2, 0.25) is 0 Å². The van der Waals surface area contributed by atoms with Gasteiger partial charge < -0.3 is 4.74 Å². The third-order valence-corrected chi connectivity index (χ3v) is 2.94. The first-order valence-electron chi connectivity index (χ1n) is 5.49. The molecule has 1 fully saturated rings. The van der Waals surface area contributed by atoms with Crippen LogP contribution < -0.4 is 0 Å². The average molecular weight is 217 g/mol. The lowest BCUT2D eigenvalue weighted by Crippen LogP contribution is -2.38. The van der Waals surface area contributed by atoms with E-state index in [0.29, 0.717) is 5.56 Å². The van der Waals surface area contributed by atoms with E-state index >= 15 is 0 Å². The van der Waals surface area contributed by atoms with E-state index in [1.807, 2.05) is 12.1 Å². The summed E-state index contributed by atoms with van der Waals surface area (Å²) in [7, 11) is 0. The molecule has 0 spiro atoms. The predicted molar refractivity (Wildman–Crippen MR) is 59.8 cm³/mol. The van der Waals surface area contributed by atoms with Crippen molar-refractivity contribution in [2.45, 2.75) is 13.0 Å². The van der Waals surface area contributed by atoms with Crippen molar-refractivity contribution in [2.75, 3.05) is 26.3 Å². The van der Waals surface area contributed by atoms with Crippen LogP contribution in [0.1, 0.15) is 24.2 Å². The summed E-state index contributed by atoms with van der Waals surface area (Å²) in [4.78, 5) is 6.66. The van der Waals surface area contributed by atoms with Crippen LogP contribution >= 0.6 is 0 Å². The van der Waals surface area contributed by atoms with E-state index < -0.39 is 0 Å². The van der Waals surface area contributed by atoms with Crippen molar-refractivity contribution >= 4 is 0 Å². The van der Waals surface area contributed by atoms with Gasteiger partial charge >= 0.3 is 0 Å². The van der Waals surface area contributed by atoms with Gasteiger partial charge in [0.05, 0.1) is 24.5 Å². The lowest BCUT2D eigenvalue weighted by atomic mass is 10.1. The molecule has 1 aromatic rings. The molecule has 0 amide bonds. The van der Waals surface area contributed by atoms with E-state index in [0.717, 1.165) is 32.0 Å². The normalized spacial score (nSPS) is 19.0. The molecule has 1 atom stereocenters. The molecule has 0 radical (unpaired) electrons. The lowest BCUT2D eigenvalue weighted by molar-refractivity contribution is 0.0190. The van der Waals surface area contributed by atoms with Crippen molar-refractivity contribution in [1.82, 2.24) is 9.88 Å². The van der Waals surface area contributed by atoms with Crippen LogP contribution in [0.2, 0.25) is 0 Å². The van der Waals surface area contributed by atoms with E-state index in [-0.39, 0.29) is 6.04 Å². The monoisotopic (exact) mass is 217 g/mol. The standard InChI is InChI=1S/C12H15N3O/c1-10(15-4-6-16-7-5-15)12-3-2-11(8-13)9-14-12/h2-3,9-10H,4-7H2,1H3. The summed E-state index contributed by atoms with van der Waals surface area (Å²) >= 11 is 0. The van der Waals surface area contributed by atoms with Gasteiger partial charge in [-0.1, -0.05) is 0 Å². The first-order valence-corrected chi connectivity index (χ1v) is 5.49. The van der Waals surface area contributed by atoms with Gasteiger partial charge in [0.15, 0.2) is 0 Å². The largest absolute Gasteiger partial charge is 0.379 e. The molecule has 1 aromatic heterocycles. The summed E-state index contributed by atoms with van der Waals surface area (Å²) in [6.45, 7) is 5.62. The molecule has 0 saturated carbocycles. The topological polar surface area (TPSA) is 49.2 Å². The maximum atomic E-state index is 8.70. The summed E-state index contributed by atoms with van der Waals surface area (Å²) in [6.07, 6.45) is 1.63. The molecular formula is C12H15N3O. The summed E-state index contributed by atoms with van der Waals surface area (Å²) in [5.74, 6) is 0. The van der Waals surface area contributed by atoms with Gasteiger partial charge in [-0.15, -0.1) is 0 Å². The molecule has 2 rings (SSSR count). The minimum absolute atomic E-state index is 0.289. The maximum Gasteiger partial charge on any atom is 0.101 e. The SMILES string of the molecule is CC(c1ccc(C#N)cn1)N1CCOCC1. The molecule has 4 nitrogen and oxygen atoms in total. The maximum absolute atomic E-state index is 8.70. The molecule has 1 unspecified atom stereocenters. The number of pyridine rings is 1. The van der Waals surface area contributed by atoms with Crippen LogP contribution in [0.15, 0.2) is 18.3 Å². The Hall–Kier alpha value is -1.44. The van der Waals surface area contributed by atoms with E-state index in [4.69, 9.17) is 10.00 Å². The molecule has 2 heterocycles. The van der Waals surface area contributed by atoms with Crippen LogP contribution in [0.4, 0.5) is 0 Å². The molecule has 1 aliphatic rings. The van der Waals surface area contributed by atoms with Gasteiger partial charge in [-0.25, -0.2) is 0 Å². The number of nitriles is 1. The molecule has 16 heavy (non-hydrogen) atoms. The number of morpholine rings is 1. The van der Waals surface area contributed by atoms with Gasteiger partial charge in [0, 0.05) is 25.3 Å². The van der Waals surface area contributed by atoms with Gasteiger partial charge in [-0.05, 0) is 19.1 Å². The molecule has 0 aliphatic carbocycles. The summed E-state index contributed by atoms with van der Waals surface area (Å²) in [5, 5.41) is 8.70. The van der Waals surface area contributed by atoms with Crippen molar-refractivity contribution in [2.24, 2.45) is 0 Å². The lowest BCUT2D eigenvalue weighted by Gasteiger charge is -2.31. The fourth-order valence-corrected chi connectivity index (χ4v) is 1.87. The van der Waals surface area contributed by atoms with E-state index in [9.17, 15) is 0 Å². The van der Waals surface area contributed by atoms with Crippen LogP contribution in [0.5, 0.6) is 0 Å². The number of hydrogen-bond donors (Lipinski definition) is 0. The smallest absolute Gasteiger partial charge is 0.101 e. The van der Waals surface area contributed by atoms with Gasteiger partial charge in [-0.2, -0.15) is 5.26 Å². The Kier molecular flexibility index (Phi) is 3.50. The Bertz CT molecular complexity index is 376. The van der Waals surface area contributed by atoms with Crippen molar-refractivity contribution in [3.8, 4) is 6.07 Å². The van der Waals surface area contributed by atoms with Gasteiger partial charge in [-0.3, -0.25) is 9.88 Å². The van der Waals surface area contributed by atoms with Crippen molar-refractivity contribution in [3.63, 3.8) is 0 Å². The Morgan fingerprint density at radius 1 is 1.44 bits per heavy atom. The quantitative estimate of drug-likeness (QED) is 0.750. The number of hydrogen-bond acceptors (Lipinski definition) is 4. The molecule has 0 N–H and O–H groups in total. The zero-order chi connectivity index (χ0) is 11.4. The van der Waals surface area contributed by atoms with Crippen LogP contribution in [-0.4, -0.2) is 36.2 Å². The van der Waals surface area contributed by atoms with E-state index in [2.05, 4.69) is 22.9 Å². The molecule has 0 bridgehead atoms. The first kappa shape index (κ1) is 11.1. The fourth-order valence-electron chi connectivity index (χ4n) is 1.87. The second-order valence-electron chi connectivity index (χ2n) is 3.91. The zero-order valence-electron chi connectivity index (χ0n) is 9.39. The van der Waals surface area contributed by atoms with Crippen LogP contribution in [0.3, 0.4) is 0 Å². The second-order valence-corrected chi connectivity index (χ2v) is 3.91. The summed E-state index contributed by atoms with van der Waals surface area (Å²) in [6, 6.07) is 6.11. The number of ether oxygens (including phenoxy) is 1. The van der Waals surface area contributed by atoms with E-state index in [1.165, 1.54) is 0 Å². The van der Waals surface area contributed by atoms with Crippen molar-refractivity contribution < 1.29 is 4.74 Å². The van der Waals surface area contributed by atoms with E-state index in [1.54, 1.807) is 6.20 Å². The molecule has 0 aromatic carbocycles. The Balaban J connectivity index is 2.07. The molecule has 84 valence electrons. The predicted octanol–water partition coefficient (Wildman–Crippen LogP) is 1.35. The third kappa shape index (κ3) is 2.38. The Morgan fingerprint density at radius 3 is 2.75 bits per heavy atom. The van der Waals surface area contributed by atoms with Gasteiger partial charge in [0.25, 0.3) is 0 Å². The summed E-state index contributed by atoms with van der Waals surface area (Å²) in [5.41, 5.74) is 1.62.